The number of pyridine rings is 1. The Bertz CT molecular complexity index is 1630. The highest BCUT2D eigenvalue weighted by atomic mass is 19.1. The van der Waals surface area contributed by atoms with E-state index in [1.807, 2.05) is 19.1 Å². The quantitative estimate of drug-likeness (QED) is 0.401. The fourth-order valence-corrected chi connectivity index (χ4v) is 5.68. The highest BCUT2D eigenvalue weighted by molar-refractivity contribution is 5.98. The number of aromatic amines is 1. The number of anilines is 1. The maximum atomic E-state index is 14.9. The summed E-state index contributed by atoms with van der Waals surface area (Å²) >= 11 is 0. The smallest absolute Gasteiger partial charge is 0.163 e. The van der Waals surface area contributed by atoms with Crippen LogP contribution in [-0.2, 0) is 11.2 Å². The molecule has 0 radical (unpaired) electrons. The lowest BCUT2D eigenvalue weighted by Crippen LogP contribution is -2.36. The van der Waals surface area contributed by atoms with Crippen LogP contribution in [0.3, 0.4) is 0 Å². The number of aromatic nitrogens is 6. The fourth-order valence-electron chi connectivity index (χ4n) is 5.68. The second kappa shape index (κ2) is 8.09. The van der Waals surface area contributed by atoms with Crippen LogP contribution in [0.15, 0.2) is 36.5 Å². The molecule has 1 atom stereocenters. The molecule has 0 spiro atoms. The van der Waals surface area contributed by atoms with Crippen molar-refractivity contribution >= 4 is 27.6 Å². The van der Waals surface area contributed by atoms with Crippen molar-refractivity contribution < 1.29 is 9.13 Å². The van der Waals surface area contributed by atoms with Crippen molar-refractivity contribution in [3.05, 3.63) is 59.6 Å². The van der Waals surface area contributed by atoms with Gasteiger partial charge in [0, 0.05) is 41.8 Å². The zero-order valence-electron chi connectivity index (χ0n) is 20.3. The van der Waals surface area contributed by atoms with Crippen LogP contribution < -0.4 is 4.90 Å². The molecule has 0 unspecified atom stereocenters. The SMILES string of the molecule is CC[C@H]1Cc2ccc(F)c3nccc(c23)-n2c1nc1c(-c3nnc(C)[nH]3)cc(N3CCOCC3)cc12. The Kier molecular flexibility index (Phi) is 4.82. The number of H-pyrrole nitrogens is 1. The first-order chi connectivity index (χ1) is 17.6. The van der Waals surface area contributed by atoms with Crippen molar-refractivity contribution in [2.75, 3.05) is 31.2 Å². The van der Waals surface area contributed by atoms with Crippen LogP contribution in [0.1, 0.15) is 36.5 Å². The molecule has 2 aliphatic heterocycles. The summed E-state index contributed by atoms with van der Waals surface area (Å²) in [5.41, 5.74) is 6.26. The van der Waals surface area contributed by atoms with Crippen molar-refractivity contribution in [2.24, 2.45) is 0 Å². The van der Waals surface area contributed by atoms with Crippen LogP contribution in [-0.4, -0.2) is 56.0 Å². The van der Waals surface area contributed by atoms with E-state index in [0.29, 0.717) is 24.6 Å². The topological polar surface area (TPSA) is 84.8 Å². The van der Waals surface area contributed by atoms with Gasteiger partial charge in [-0.2, -0.15) is 0 Å². The normalized spacial score (nSPS) is 17.5. The molecule has 7 rings (SSSR count). The number of morpholine rings is 1. The van der Waals surface area contributed by atoms with Gasteiger partial charge in [0.15, 0.2) is 5.82 Å². The molecule has 1 saturated heterocycles. The number of hydrogen-bond acceptors (Lipinski definition) is 6. The van der Waals surface area contributed by atoms with Crippen LogP contribution in [0.2, 0.25) is 0 Å². The summed E-state index contributed by atoms with van der Waals surface area (Å²) in [6.07, 6.45) is 3.39. The molecular formula is C27H26FN7O. The van der Waals surface area contributed by atoms with Crippen molar-refractivity contribution in [3.63, 3.8) is 0 Å². The minimum absolute atomic E-state index is 0.176. The van der Waals surface area contributed by atoms with Crippen LogP contribution in [0.4, 0.5) is 10.1 Å². The fraction of sp³-hybridized carbons (Fsp3) is 0.333. The van der Waals surface area contributed by atoms with Gasteiger partial charge < -0.3 is 14.6 Å². The molecular weight excluding hydrogens is 457 g/mol. The maximum absolute atomic E-state index is 14.9. The van der Waals surface area contributed by atoms with E-state index in [1.165, 1.54) is 6.07 Å². The Morgan fingerprint density at radius 3 is 2.75 bits per heavy atom. The number of imidazole rings is 1. The van der Waals surface area contributed by atoms with Crippen molar-refractivity contribution in [1.29, 1.82) is 0 Å². The van der Waals surface area contributed by atoms with Gasteiger partial charge >= 0.3 is 0 Å². The van der Waals surface area contributed by atoms with Gasteiger partial charge in [-0.25, -0.2) is 9.37 Å². The van der Waals surface area contributed by atoms with Gasteiger partial charge in [0.05, 0.1) is 24.4 Å². The van der Waals surface area contributed by atoms with Gasteiger partial charge in [-0.15, -0.1) is 10.2 Å². The number of ether oxygens (including phenoxy) is 1. The predicted octanol–water partition coefficient (Wildman–Crippen LogP) is 4.69. The number of fused-ring (bicyclic) bond motifs is 4. The molecule has 1 N–H and O–H groups in total. The number of aryl methyl sites for hydroxylation is 1. The first-order valence-corrected chi connectivity index (χ1v) is 12.5. The summed E-state index contributed by atoms with van der Waals surface area (Å²) in [4.78, 5) is 15.3. The number of benzene rings is 2. The molecule has 182 valence electrons. The second-order valence-electron chi connectivity index (χ2n) is 9.59. The Balaban J connectivity index is 1.59. The van der Waals surface area contributed by atoms with Gasteiger partial charge in [-0.1, -0.05) is 13.0 Å². The van der Waals surface area contributed by atoms with Crippen LogP contribution >= 0.6 is 0 Å². The molecule has 8 nitrogen and oxygen atoms in total. The first kappa shape index (κ1) is 21.4. The summed E-state index contributed by atoms with van der Waals surface area (Å²) in [5, 5.41) is 9.50. The summed E-state index contributed by atoms with van der Waals surface area (Å²) < 4.78 is 22.7. The van der Waals surface area contributed by atoms with Crippen LogP contribution in [0.5, 0.6) is 0 Å². The van der Waals surface area contributed by atoms with Crippen LogP contribution in [0.25, 0.3) is 39.0 Å². The van der Waals surface area contributed by atoms with Crippen LogP contribution in [0, 0.1) is 12.7 Å². The summed E-state index contributed by atoms with van der Waals surface area (Å²) in [6, 6.07) is 9.77. The van der Waals surface area contributed by atoms with Gasteiger partial charge in [0.2, 0.25) is 0 Å². The van der Waals surface area contributed by atoms with E-state index in [9.17, 15) is 4.39 Å². The van der Waals surface area contributed by atoms with Gasteiger partial charge in [0.25, 0.3) is 0 Å². The largest absolute Gasteiger partial charge is 0.378 e. The first-order valence-electron chi connectivity index (χ1n) is 12.5. The Labute approximate surface area is 207 Å². The van der Waals surface area contributed by atoms with E-state index in [4.69, 9.17) is 9.72 Å². The number of rotatable bonds is 3. The number of hydrogen-bond donors (Lipinski definition) is 1. The van der Waals surface area contributed by atoms with E-state index in [1.54, 1.807) is 6.20 Å². The molecule has 0 amide bonds. The lowest BCUT2D eigenvalue weighted by Gasteiger charge is -2.29. The summed E-state index contributed by atoms with van der Waals surface area (Å²) in [5.74, 6) is 2.30. The monoisotopic (exact) mass is 483 g/mol. The van der Waals surface area contributed by atoms with Gasteiger partial charge in [-0.3, -0.25) is 9.55 Å². The van der Waals surface area contributed by atoms with E-state index in [2.05, 4.69) is 48.7 Å². The summed E-state index contributed by atoms with van der Waals surface area (Å²) in [7, 11) is 0. The zero-order valence-corrected chi connectivity index (χ0v) is 20.3. The molecule has 5 heterocycles. The third-order valence-corrected chi connectivity index (χ3v) is 7.47. The van der Waals surface area contributed by atoms with Crippen molar-refractivity contribution in [1.82, 2.24) is 29.7 Å². The average molecular weight is 484 g/mol. The molecule has 9 heteroatoms. The summed E-state index contributed by atoms with van der Waals surface area (Å²) in [6.45, 7) is 7.08. The number of nitrogens with zero attached hydrogens (tertiary/aromatic N) is 6. The lowest BCUT2D eigenvalue weighted by molar-refractivity contribution is 0.122. The maximum Gasteiger partial charge on any atom is 0.163 e. The molecule has 36 heavy (non-hydrogen) atoms. The van der Waals surface area contributed by atoms with Gasteiger partial charge in [-0.05, 0) is 49.6 Å². The number of halogens is 1. The van der Waals surface area contributed by atoms with E-state index in [-0.39, 0.29) is 11.7 Å². The highest BCUT2D eigenvalue weighted by Gasteiger charge is 2.29. The van der Waals surface area contributed by atoms with E-state index < -0.39 is 0 Å². The standard InChI is InChI=1S/C27H26FN7O/c1-3-16-12-17-4-5-20(28)25-23(17)21(6-7-29-25)35-22-14-18(34-8-10-36-11-9-34)13-19(24(22)31-27(16)35)26-30-15(2)32-33-26/h4-7,13-14,16H,3,8-12H2,1-2H3,(H,30,32,33)/t16-/m0/s1. The van der Waals surface area contributed by atoms with Crippen molar-refractivity contribution in [3.8, 4) is 17.1 Å². The Hall–Kier alpha value is -3.85. The highest BCUT2D eigenvalue weighted by Crippen LogP contribution is 2.42. The molecule has 0 saturated carbocycles. The second-order valence-corrected chi connectivity index (χ2v) is 9.59. The molecule has 0 aliphatic carbocycles. The van der Waals surface area contributed by atoms with Crippen molar-refractivity contribution in [2.45, 2.75) is 32.6 Å². The number of nitrogens with one attached hydrogen (secondary N) is 1. The Morgan fingerprint density at radius 2 is 1.97 bits per heavy atom. The van der Waals surface area contributed by atoms with E-state index in [0.717, 1.165) is 76.5 Å². The van der Waals surface area contributed by atoms with E-state index >= 15 is 0 Å². The molecule has 1 fully saturated rings. The minimum atomic E-state index is -0.302. The molecule has 0 bridgehead atoms. The zero-order chi connectivity index (χ0) is 24.4. The molecule has 3 aromatic heterocycles. The molecule has 2 aromatic carbocycles. The van der Waals surface area contributed by atoms with Gasteiger partial charge in [0.1, 0.15) is 28.5 Å². The molecule has 5 aromatic rings. The Morgan fingerprint density at radius 1 is 1.11 bits per heavy atom. The molecule has 2 aliphatic rings. The third kappa shape index (κ3) is 3.15. The predicted molar refractivity (Wildman–Crippen MR) is 136 cm³/mol. The minimum Gasteiger partial charge on any atom is -0.378 e. The third-order valence-electron chi connectivity index (χ3n) is 7.47. The lowest BCUT2D eigenvalue weighted by atomic mass is 9.94. The average Bonchev–Trinajstić information content (AvgIpc) is 3.48.